The zero-order valence-corrected chi connectivity index (χ0v) is 11.6. The molecule has 1 aliphatic carbocycles. The Bertz CT molecular complexity index is 483. The summed E-state index contributed by atoms with van der Waals surface area (Å²) in [7, 11) is 0. The minimum atomic E-state index is 0.772. The van der Waals surface area contributed by atoms with Gasteiger partial charge in [-0.3, -0.25) is 0 Å². The number of rotatable bonds is 2. The van der Waals surface area contributed by atoms with E-state index in [2.05, 4.69) is 36.2 Å². The molecule has 1 aromatic heterocycles. The molecule has 1 aliphatic rings. The Labute approximate surface area is 108 Å². The minimum absolute atomic E-state index is 0.772. The number of hydrogen-bond donors (Lipinski definition) is 0. The molecule has 17 heavy (non-hydrogen) atoms. The molecule has 0 aliphatic heterocycles. The van der Waals surface area contributed by atoms with E-state index >= 15 is 0 Å². The predicted molar refractivity (Wildman–Crippen MR) is 75.6 cm³/mol. The van der Waals surface area contributed by atoms with Gasteiger partial charge >= 0.3 is 0 Å². The van der Waals surface area contributed by atoms with Gasteiger partial charge in [0.15, 0.2) is 0 Å². The minimum Gasteiger partial charge on any atom is -0.249 e. The molecule has 0 unspecified atom stereocenters. The molecule has 0 saturated heterocycles. The van der Waals surface area contributed by atoms with Crippen molar-refractivity contribution in [3.8, 4) is 10.4 Å². The molecule has 90 valence electrons. The number of nitrogens with zero attached hydrogens (tertiary/aromatic N) is 1. The van der Waals surface area contributed by atoms with Crippen LogP contribution in [0, 0.1) is 6.92 Å². The molecule has 0 amide bonds. The SMILES string of the molecule is CC.Cc1cccc(-c2cnc(C3CC3)s2)c1. The fraction of sp³-hybridized carbons (Fsp3) is 0.400. The van der Waals surface area contributed by atoms with Crippen molar-refractivity contribution >= 4 is 11.3 Å². The molecule has 1 nitrogen and oxygen atoms in total. The van der Waals surface area contributed by atoms with Crippen LogP contribution in [0.5, 0.6) is 0 Å². The molecule has 0 atom stereocenters. The van der Waals surface area contributed by atoms with Crippen LogP contribution in [0.25, 0.3) is 10.4 Å². The third-order valence-corrected chi connectivity index (χ3v) is 3.96. The van der Waals surface area contributed by atoms with Crippen LogP contribution in [0.2, 0.25) is 0 Å². The van der Waals surface area contributed by atoms with Crippen molar-refractivity contribution in [3.63, 3.8) is 0 Å². The number of aryl methyl sites for hydroxylation is 1. The van der Waals surface area contributed by atoms with E-state index in [0.29, 0.717) is 0 Å². The van der Waals surface area contributed by atoms with E-state index in [1.165, 1.54) is 33.9 Å². The second kappa shape index (κ2) is 5.46. The molecule has 0 radical (unpaired) electrons. The van der Waals surface area contributed by atoms with E-state index in [1.807, 2.05) is 31.4 Å². The summed E-state index contributed by atoms with van der Waals surface area (Å²) < 4.78 is 0. The number of aromatic nitrogens is 1. The molecule has 0 bridgehead atoms. The van der Waals surface area contributed by atoms with Crippen LogP contribution in [0.4, 0.5) is 0 Å². The van der Waals surface area contributed by atoms with Crippen LogP contribution >= 0.6 is 11.3 Å². The summed E-state index contributed by atoms with van der Waals surface area (Å²) in [6.07, 6.45) is 4.69. The Kier molecular flexibility index (Phi) is 3.95. The lowest BCUT2D eigenvalue weighted by atomic mass is 10.1. The quantitative estimate of drug-likeness (QED) is 0.723. The maximum Gasteiger partial charge on any atom is 0.0962 e. The van der Waals surface area contributed by atoms with Crippen molar-refractivity contribution in [1.29, 1.82) is 0 Å². The summed E-state index contributed by atoms with van der Waals surface area (Å²) in [6.45, 7) is 6.13. The van der Waals surface area contributed by atoms with E-state index in [9.17, 15) is 0 Å². The average Bonchev–Trinajstić information content (AvgIpc) is 3.10. The van der Waals surface area contributed by atoms with Crippen LogP contribution in [-0.2, 0) is 0 Å². The summed E-state index contributed by atoms with van der Waals surface area (Å²) in [6, 6.07) is 8.63. The third kappa shape index (κ3) is 2.95. The lowest BCUT2D eigenvalue weighted by molar-refractivity contribution is 1.08. The zero-order valence-electron chi connectivity index (χ0n) is 10.7. The molecule has 2 aromatic rings. The summed E-state index contributed by atoms with van der Waals surface area (Å²) in [5.41, 5.74) is 2.62. The fourth-order valence-corrected chi connectivity index (χ4v) is 2.82. The second-order valence-corrected chi connectivity index (χ2v) is 5.27. The molecule has 1 heterocycles. The number of hydrogen-bond acceptors (Lipinski definition) is 2. The lowest BCUT2D eigenvalue weighted by Crippen LogP contribution is -1.74. The number of thiazole rings is 1. The van der Waals surface area contributed by atoms with Crippen LogP contribution in [0.1, 0.15) is 43.2 Å². The maximum atomic E-state index is 4.50. The van der Waals surface area contributed by atoms with E-state index in [-0.39, 0.29) is 0 Å². The lowest BCUT2D eigenvalue weighted by Gasteiger charge is -1.97. The Morgan fingerprint density at radius 3 is 2.65 bits per heavy atom. The molecule has 1 fully saturated rings. The van der Waals surface area contributed by atoms with E-state index in [4.69, 9.17) is 0 Å². The van der Waals surface area contributed by atoms with E-state index < -0.39 is 0 Å². The third-order valence-electron chi connectivity index (χ3n) is 2.75. The summed E-state index contributed by atoms with van der Waals surface area (Å²) >= 11 is 1.85. The first kappa shape index (κ1) is 12.3. The highest BCUT2D eigenvalue weighted by Gasteiger charge is 2.26. The monoisotopic (exact) mass is 245 g/mol. The van der Waals surface area contributed by atoms with Crippen molar-refractivity contribution in [1.82, 2.24) is 4.98 Å². The van der Waals surface area contributed by atoms with Crippen LogP contribution in [0.3, 0.4) is 0 Å². The second-order valence-electron chi connectivity index (χ2n) is 4.21. The van der Waals surface area contributed by atoms with Gasteiger partial charge in [0, 0.05) is 12.1 Å². The molecule has 0 spiro atoms. The van der Waals surface area contributed by atoms with Gasteiger partial charge in [-0.05, 0) is 25.3 Å². The first-order valence-corrected chi connectivity index (χ1v) is 7.17. The normalized spacial score (nSPS) is 14.1. The molecule has 0 N–H and O–H groups in total. The Hall–Kier alpha value is -1.15. The predicted octanol–water partition coefficient (Wildman–Crippen LogP) is 5.02. The molecule has 2 heteroatoms. The molecule has 3 rings (SSSR count). The summed E-state index contributed by atoms with van der Waals surface area (Å²) in [4.78, 5) is 5.81. The van der Waals surface area contributed by atoms with Gasteiger partial charge in [-0.15, -0.1) is 11.3 Å². The van der Waals surface area contributed by atoms with Crippen molar-refractivity contribution in [2.24, 2.45) is 0 Å². The molecular formula is C15H19NS. The topological polar surface area (TPSA) is 12.9 Å². The molecule has 1 saturated carbocycles. The number of benzene rings is 1. The van der Waals surface area contributed by atoms with Gasteiger partial charge in [-0.25, -0.2) is 4.98 Å². The summed E-state index contributed by atoms with van der Waals surface area (Å²) in [5.74, 6) is 0.772. The Balaban J connectivity index is 0.000000514. The van der Waals surface area contributed by atoms with Gasteiger partial charge < -0.3 is 0 Å². The van der Waals surface area contributed by atoms with Crippen molar-refractivity contribution < 1.29 is 0 Å². The smallest absolute Gasteiger partial charge is 0.0962 e. The first-order chi connectivity index (χ1) is 8.33. The van der Waals surface area contributed by atoms with Crippen molar-refractivity contribution in [2.45, 2.75) is 39.5 Å². The molecular weight excluding hydrogens is 226 g/mol. The van der Waals surface area contributed by atoms with Crippen molar-refractivity contribution in [3.05, 3.63) is 41.0 Å². The van der Waals surface area contributed by atoms with Gasteiger partial charge in [0.2, 0.25) is 0 Å². The van der Waals surface area contributed by atoms with Gasteiger partial charge in [-0.1, -0.05) is 43.7 Å². The Morgan fingerprint density at radius 1 is 1.24 bits per heavy atom. The van der Waals surface area contributed by atoms with E-state index in [0.717, 1.165) is 5.92 Å². The molecule has 1 aromatic carbocycles. The standard InChI is InChI=1S/C13H13NS.C2H6/c1-9-3-2-4-11(7-9)12-8-14-13(15-12)10-5-6-10;1-2/h2-4,7-8,10H,5-6H2,1H3;1-2H3. The first-order valence-electron chi connectivity index (χ1n) is 6.36. The highest BCUT2D eigenvalue weighted by atomic mass is 32.1. The largest absolute Gasteiger partial charge is 0.249 e. The zero-order chi connectivity index (χ0) is 12.3. The van der Waals surface area contributed by atoms with E-state index in [1.54, 1.807) is 0 Å². The fourth-order valence-electron chi connectivity index (χ4n) is 1.74. The van der Waals surface area contributed by atoms with Crippen LogP contribution in [0.15, 0.2) is 30.5 Å². The van der Waals surface area contributed by atoms with Crippen LogP contribution < -0.4 is 0 Å². The van der Waals surface area contributed by atoms with Crippen molar-refractivity contribution in [2.75, 3.05) is 0 Å². The Morgan fingerprint density at radius 2 is 2.00 bits per heavy atom. The maximum absolute atomic E-state index is 4.50. The average molecular weight is 245 g/mol. The van der Waals surface area contributed by atoms with Gasteiger partial charge in [-0.2, -0.15) is 0 Å². The van der Waals surface area contributed by atoms with Crippen LogP contribution in [-0.4, -0.2) is 4.98 Å². The highest BCUT2D eigenvalue weighted by Crippen LogP contribution is 2.43. The van der Waals surface area contributed by atoms with Gasteiger partial charge in [0.05, 0.1) is 9.88 Å². The highest BCUT2D eigenvalue weighted by molar-refractivity contribution is 7.15. The van der Waals surface area contributed by atoms with Gasteiger partial charge in [0.25, 0.3) is 0 Å². The van der Waals surface area contributed by atoms with Gasteiger partial charge in [0.1, 0.15) is 0 Å². The summed E-state index contributed by atoms with van der Waals surface area (Å²) in [5, 5.41) is 1.33.